The molecule has 13 nitrogen and oxygen atoms in total. The number of benzene rings is 3. The molecule has 1 aromatic heterocycles. The van der Waals surface area contributed by atoms with E-state index in [0.717, 1.165) is 0 Å². The van der Waals surface area contributed by atoms with Crippen LogP contribution in [0.25, 0.3) is 10.9 Å². The molecule has 1 aliphatic rings. The smallest absolute Gasteiger partial charge is 0.412 e. The van der Waals surface area contributed by atoms with Crippen molar-refractivity contribution < 1.29 is 47.0 Å². The Hall–Kier alpha value is -5.04. The fraction of sp³-hybridized carbons (Fsp3) is 0.294. The molecule has 3 N–H and O–H groups in total. The van der Waals surface area contributed by atoms with Crippen LogP contribution in [0.2, 0.25) is 0 Å². The van der Waals surface area contributed by atoms with Gasteiger partial charge in [-0.05, 0) is 55.8 Å². The molecule has 2 amide bonds. The second-order valence-corrected chi connectivity index (χ2v) is 13.1. The summed E-state index contributed by atoms with van der Waals surface area (Å²) in [6.07, 6.45) is -0.568. The summed E-state index contributed by atoms with van der Waals surface area (Å²) >= 11 is 0. The number of carbonyl (C=O) groups is 3. The average Bonchev–Trinajstić information content (AvgIpc) is 3.41. The quantitative estimate of drug-likeness (QED) is 0.0856. The maximum absolute atomic E-state index is 13.6. The van der Waals surface area contributed by atoms with E-state index in [1.165, 1.54) is 30.2 Å². The highest BCUT2D eigenvalue weighted by Gasteiger charge is 2.36. The van der Waals surface area contributed by atoms with Gasteiger partial charge in [0.2, 0.25) is 0 Å². The van der Waals surface area contributed by atoms with Gasteiger partial charge >= 0.3 is 19.7 Å². The summed E-state index contributed by atoms with van der Waals surface area (Å²) < 4.78 is 48.9. The highest BCUT2D eigenvalue weighted by molar-refractivity contribution is 7.54. The number of carbonyl (C=O) groups excluding carboxylic acids is 3. The number of fused-ring (bicyclic) bond motifs is 2. The number of rotatable bonds is 15. The molecule has 4 aromatic rings. The first kappa shape index (κ1) is 35.3. The molecule has 258 valence electrons. The van der Waals surface area contributed by atoms with Gasteiger partial charge in [-0.25, -0.2) is 18.5 Å². The van der Waals surface area contributed by atoms with E-state index in [0.29, 0.717) is 22.3 Å². The van der Waals surface area contributed by atoms with Gasteiger partial charge in [-0.1, -0.05) is 30.3 Å². The van der Waals surface area contributed by atoms with Gasteiger partial charge in [-0.3, -0.25) is 14.3 Å². The van der Waals surface area contributed by atoms with Gasteiger partial charge in [-0.15, -0.1) is 0 Å². The molecule has 3 aromatic carbocycles. The molecule has 2 atom stereocenters. The number of ether oxygens (including phenoxy) is 2. The minimum atomic E-state index is -3.81. The number of aromatic nitrogens is 1. The van der Waals surface area contributed by atoms with E-state index < -0.39 is 37.5 Å². The summed E-state index contributed by atoms with van der Waals surface area (Å²) in [5.74, 6) is -1.46. The molecule has 0 spiro atoms. The van der Waals surface area contributed by atoms with Gasteiger partial charge < -0.3 is 34.6 Å². The predicted molar refractivity (Wildman–Crippen MR) is 177 cm³/mol. The van der Waals surface area contributed by atoms with Crippen molar-refractivity contribution in [3.63, 3.8) is 0 Å². The van der Waals surface area contributed by atoms with Crippen LogP contribution in [-0.2, 0) is 31.7 Å². The molecule has 0 fully saturated rings. The Labute approximate surface area is 281 Å². The van der Waals surface area contributed by atoms with E-state index in [1.54, 1.807) is 61.5 Å². The average molecular weight is 695 g/mol. The number of nitrogens with one attached hydrogen (secondary N) is 2. The van der Waals surface area contributed by atoms with Crippen LogP contribution < -0.4 is 19.9 Å². The van der Waals surface area contributed by atoms with Crippen LogP contribution in [0.4, 0.5) is 9.18 Å². The number of esters is 1. The van der Waals surface area contributed by atoms with Crippen molar-refractivity contribution in [1.29, 1.82) is 0 Å². The van der Waals surface area contributed by atoms with E-state index in [2.05, 4.69) is 15.6 Å². The van der Waals surface area contributed by atoms with E-state index in [4.69, 9.17) is 18.5 Å². The number of nitrogens with zero attached hydrogens (tertiary/aromatic N) is 2. The molecule has 0 aliphatic carbocycles. The molecule has 15 heteroatoms. The predicted octanol–water partition coefficient (Wildman–Crippen LogP) is 5.15. The third-order valence-electron chi connectivity index (χ3n) is 7.48. The van der Waals surface area contributed by atoms with Crippen LogP contribution in [0.5, 0.6) is 17.2 Å². The zero-order chi connectivity index (χ0) is 35.0. The zero-order valence-electron chi connectivity index (χ0n) is 26.9. The first-order valence-electron chi connectivity index (χ1n) is 15.6. The van der Waals surface area contributed by atoms with E-state index >= 15 is 0 Å². The number of hydrogen-bond acceptors (Lipinski definition) is 11. The fourth-order valence-corrected chi connectivity index (χ4v) is 6.88. The molecule has 49 heavy (non-hydrogen) atoms. The standard InChI is InChI=1S/C34H36FN4O9P/c1-3-45-33(42)22(2)47-49(44,48-25-8-5-4-6-9-25)19-18-36-16-17-38-34(43)46-31-26-10-7-15-37-29(26)30(40)28-27(31)21-39(32(28)41)20-23-11-13-24(35)14-12-23/h4-15,22,36,40H,3,16-21H2,1-2H3,(H,38,43)/t22-,49?/m0/s1. The number of phenols is 1. The molecule has 0 radical (unpaired) electrons. The van der Waals surface area contributed by atoms with E-state index in [9.17, 15) is 28.4 Å². The van der Waals surface area contributed by atoms with E-state index in [-0.39, 0.29) is 68.1 Å². The topological polar surface area (TPSA) is 166 Å². The Balaban J connectivity index is 1.19. The Morgan fingerprint density at radius 3 is 2.55 bits per heavy atom. The highest BCUT2D eigenvalue weighted by Crippen LogP contribution is 2.49. The summed E-state index contributed by atoms with van der Waals surface area (Å²) in [4.78, 5) is 44.1. The van der Waals surface area contributed by atoms with Crippen molar-refractivity contribution in [1.82, 2.24) is 20.5 Å². The van der Waals surface area contributed by atoms with Crippen LogP contribution in [0.15, 0.2) is 72.9 Å². The molecule has 5 rings (SSSR count). The van der Waals surface area contributed by atoms with Crippen molar-refractivity contribution >= 4 is 36.5 Å². The third-order valence-corrected chi connectivity index (χ3v) is 9.38. The SMILES string of the molecule is CCOC(=O)[C@H](C)OP(=O)(CCNCCNC(=O)Oc1c2c(c(O)c3ncccc13)C(=O)N(Cc1ccc(F)cc1)C2)Oc1ccccc1. The lowest BCUT2D eigenvalue weighted by Gasteiger charge is -2.22. The highest BCUT2D eigenvalue weighted by atomic mass is 31.2. The maximum Gasteiger partial charge on any atom is 0.412 e. The number of para-hydroxylation sites is 1. The number of amides is 2. The molecule has 1 aliphatic heterocycles. The molecule has 2 heterocycles. The van der Waals surface area contributed by atoms with Crippen molar-refractivity contribution in [2.24, 2.45) is 0 Å². The lowest BCUT2D eigenvalue weighted by atomic mass is 10.0. The Morgan fingerprint density at radius 2 is 1.82 bits per heavy atom. The van der Waals surface area contributed by atoms with Crippen LogP contribution in [-0.4, -0.2) is 71.5 Å². The van der Waals surface area contributed by atoms with Crippen molar-refractivity contribution in [2.75, 3.05) is 32.4 Å². The summed E-state index contributed by atoms with van der Waals surface area (Å²) in [6.45, 7) is 3.92. The number of phenolic OH excluding ortho intramolecular Hbond substituents is 1. The minimum Gasteiger partial charge on any atom is -0.505 e. The fourth-order valence-electron chi connectivity index (χ4n) is 5.20. The summed E-state index contributed by atoms with van der Waals surface area (Å²) in [5.41, 5.74) is 1.09. The minimum absolute atomic E-state index is 0.0144. The number of halogens is 1. The summed E-state index contributed by atoms with van der Waals surface area (Å²) in [5, 5.41) is 17.0. The summed E-state index contributed by atoms with van der Waals surface area (Å²) in [7, 11) is -3.81. The van der Waals surface area contributed by atoms with Crippen molar-refractivity contribution in [3.8, 4) is 17.2 Å². The van der Waals surface area contributed by atoms with Crippen molar-refractivity contribution in [3.05, 3.63) is 95.4 Å². The second-order valence-electron chi connectivity index (χ2n) is 11.0. The first-order valence-corrected chi connectivity index (χ1v) is 17.3. The Morgan fingerprint density at radius 1 is 1.06 bits per heavy atom. The van der Waals surface area contributed by atoms with Crippen LogP contribution >= 0.6 is 7.60 Å². The third kappa shape index (κ3) is 8.71. The van der Waals surface area contributed by atoms with Gasteiger partial charge in [0.1, 0.15) is 22.8 Å². The van der Waals surface area contributed by atoms with Crippen molar-refractivity contribution in [2.45, 2.75) is 33.0 Å². The Bertz CT molecular complexity index is 1860. The van der Waals surface area contributed by atoms with Crippen LogP contribution in [0.1, 0.15) is 35.3 Å². The van der Waals surface area contributed by atoms with Gasteiger partial charge in [0, 0.05) is 43.3 Å². The lowest BCUT2D eigenvalue weighted by molar-refractivity contribution is -0.150. The van der Waals surface area contributed by atoms with Gasteiger partial charge in [0.05, 0.1) is 24.9 Å². The van der Waals surface area contributed by atoms with E-state index in [1.807, 2.05) is 0 Å². The number of aromatic hydroxyl groups is 1. The molecule has 0 saturated carbocycles. The zero-order valence-corrected chi connectivity index (χ0v) is 27.8. The van der Waals surface area contributed by atoms with Gasteiger partial charge in [-0.2, -0.15) is 0 Å². The number of pyridine rings is 1. The molecule has 0 saturated heterocycles. The molecule has 1 unspecified atom stereocenters. The first-order chi connectivity index (χ1) is 23.6. The number of hydrogen-bond donors (Lipinski definition) is 3. The molecular formula is C34H36FN4O9P. The Kier molecular flexibility index (Phi) is 11.4. The lowest BCUT2D eigenvalue weighted by Crippen LogP contribution is -2.35. The van der Waals surface area contributed by atoms with Crippen LogP contribution in [0.3, 0.4) is 0 Å². The maximum atomic E-state index is 13.6. The normalized spacial score (nSPS) is 14.2. The van der Waals surface area contributed by atoms with Gasteiger partial charge in [0.15, 0.2) is 11.9 Å². The molecule has 0 bridgehead atoms. The second kappa shape index (κ2) is 15.9. The van der Waals surface area contributed by atoms with Crippen LogP contribution in [0, 0.1) is 5.82 Å². The monoisotopic (exact) mass is 694 g/mol. The largest absolute Gasteiger partial charge is 0.505 e. The summed E-state index contributed by atoms with van der Waals surface area (Å²) in [6, 6.07) is 17.4. The molecular weight excluding hydrogens is 658 g/mol. The van der Waals surface area contributed by atoms with Gasteiger partial charge in [0.25, 0.3) is 5.91 Å².